The highest BCUT2D eigenvalue weighted by Gasteiger charge is 2.20. The number of H-pyrrole nitrogens is 1. The molecule has 0 spiro atoms. The van der Waals surface area contributed by atoms with E-state index in [0.717, 1.165) is 49.6 Å². The Morgan fingerprint density at radius 2 is 1.80 bits per heavy atom. The molecule has 0 aliphatic carbocycles. The number of piperazine rings is 1. The third-order valence-corrected chi connectivity index (χ3v) is 4.76. The van der Waals surface area contributed by atoms with Crippen molar-refractivity contribution in [3.05, 3.63) is 34.3 Å². The quantitative estimate of drug-likeness (QED) is 0.730. The van der Waals surface area contributed by atoms with E-state index in [1.807, 2.05) is 0 Å². The second-order valence-corrected chi connectivity index (χ2v) is 7.16. The standard InChI is InChI=1S/C16H23BrN6.2ClH/c1-12(10-13-2-4-14(17)5-3-13)11-22-6-8-23(9-7-22)16-19-15(18)20-21-16;;/h2-5,12H,6-11H2,1H3,(H3,18,19,20,21);2*1H. The maximum absolute atomic E-state index is 5.57. The highest BCUT2D eigenvalue weighted by atomic mass is 79.9. The molecule has 0 amide bonds. The van der Waals surface area contributed by atoms with E-state index in [2.05, 4.69) is 72.1 Å². The van der Waals surface area contributed by atoms with Crippen LogP contribution < -0.4 is 10.6 Å². The number of nitrogens with two attached hydrogens (primary N) is 1. The lowest BCUT2D eigenvalue weighted by molar-refractivity contribution is 0.223. The molecule has 140 valence electrons. The summed E-state index contributed by atoms with van der Waals surface area (Å²) in [7, 11) is 0. The zero-order valence-electron chi connectivity index (χ0n) is 14.2. The number of hydrogen-bond acceptors (Lipinski definition) is 5. The van der Waals surface area contributed by atoms with Crippen molar-refractivity contribution in [2.75, 3.05) is 43.4 Å². The van der Waals surface area contributed by atoms with Crippen molar-refractivity contribution in [2.24, 2.45) is 5.92 Å². The number of benzene rings is 1. The summed E-state index contributed by atoms with van der Waals surface area (Å²) in [5.74, 6) is 1.74. The molecule has 0 saturated carbocycles. The lowest BCUT2D eigenvalue weighted by atomic mass is 10.0. The fourth-order valence-corrected chi connectivity index (χ4v) is 3.34. The molecular weight excluding hydrogens is 427 g/mol. The fourth-order valence-electron chi connectivity index (χ4n) is 3.08. The Labute approximate surface area is 169 Å². The van der Waals surface area contributed by atoms with Crippen LogP contribution in [0.15, 0.2) is 28.7 Å². The first-order chi connectivity index (χ1) is 11.1. The normalized spacial score (nSPS) is 16.0. The summed E-state index contributed by atoms with van der Waals surface area (Å²) in [6.45, 7) is 7.46. The van der Waals surface area contributed by atoms with Gasteiger partial charge in [-0.05, 0) is 30.0 Å². The number of rotatable bonds is 5. The summed E-state index contributed by atoms with van der Waals surface area (Å²) in [5.41, 5.74) is 6.97. The number of anilines is 2. The smallest absolute Gasteiger partial charge is 0.241 e. The Hall–Kier alpha value is -1.02. The van der Waals surface area contributed by atoms with Crippen LogP contribution in [0.3, 0.4) is 0 Å². The predicted molar refractivity (Wildman–Crippen MR) is 111 cm³/mol. The molecule has 1 saturated heterocycles. The first-order valence-electron chi connectivity index (χ1n) is 8.00. The van der Waals surface area contributed by atoms with Crippen LogP contribution in [-0.4, -0.2) is 52.8 Å². The molecule has 3 N–H and O–H groups in total. The summed E-state index contributed by atoms with van der Waals surface area (Å²) < 4.78 is 1.14. The Morgan fingerprint density at radius 1 is 1.16 bits per heavy atom. The molecule has 0 bridgehead atoms. The van der Waals surface area contributed by atoms with E-state index in [4.69, 9.17) is 5.73 Å². The van der Waals surface area contributed by atoms with Crippen molar-refractivity contribution in [1.82, 2.24) is 20.1 Å². The second-order valence-electron chi connectivity index (χ2n) is 6.24. The van der Waals surface area contributed by atoms with E-state index in [1.54, 1.807) is 0 Å². The summed E-state index contributed by atoms with van der Waals surface area (Å²) in [6.07, 6.45) is 1.12. The third-order valence-electron chi connectivity index (χ3n) is 4.23. The second kappa shape index (κ2) is 10.2. The molecule has 1 fully saturated rings. The Kier molecular flexibility index (Phi) is 8.99. The maximum atomic E-state index is 5.57. The van der Waals surface area contributed by atoms with Crippen molar-refractivity contribution in [1.29, 1.82) is 0 Å². The molecule has 6 nitrogen and oxygen atoms in total. The van der Waals surface area contributed by atoms with Crippen molar-refractivity contribution < 1.29 is 0 Å². The van der Waals surface area contributed by atoms with Gasteiger partial charge < -0.3 is 10.6 Å². The third kappa shape index (κ3) is 6.33. The molecular formula is C16H25BrCl2N6. The van der Waals surface area contributed by atoms with Gasteiger partial charge in [0.1, 0.15) is 0 Å². The lowest BCUT2D eigenvalue weighted by Crippen LogP contribution is -2.48. The van der Waals surface area contributed by atoms with Crippen LogP contribution in [0.4, 0.5) is 11.9 Å². The van der Waals surface area contributed by atoms with Crippen molar-refractivity contribution in [3.8, 4) is 0 Å². The minimum Gasteiger partial charge on any atom is -0.366 e. The van der Waals surface area contributed by atoms with Crippen LogP contribution in [-0.2, 0) is 6.42 Å². The fraction of sp³-hybridized carbons (Fsp3) is 0.500. The topological polar surface area (TPSA) is 74.1 Å². The zero-order chi connectivity index (χ0) is 16.2. The van der Waals surface area contributed by atoms with Gasteiger partial charge in [-0.2, -0.15) is 4.98 Å². The number of aromatic nitrogens is 3. The molecule has 2 aromatic rings. The van der Waals surface area contributed by atoms with Crippen molar-refractivity contribution >= 4 is 52.6 Å². The van der Waals surface area contributed by atoms with Gasteiger partial charge in [-0.15, -0.1) is 29.9 Å². The summed E-state index contributed by atoms with van der Waals surface area (Å²) in [5, 5.41) is 6.78. The molecule has 1 unspecified atom stereocenters. The van der Waals surface area contributed by atoms with Gasteiger partial charge in [0.25, 0.3) is 0 Å². The summed E-state index contributed by atoms with van der Waals surface area (Å²) in [4.78, 5) is 8.93. The average Bonchev–Trinajstić information content (AvgIpc) is 2.97. The number of nitrogen functional groups attached to an aromatic ring is 1. The Bertz CT molecular complexity index is 628. The highest BCUT2D eigenvalue weighted by Crippen LogP contribution is 2.16. The largest absolute Gasteiger partial charge is 0.366 e. The van der Waals surface area contributed by atoms with Crippen LogP contribution in [0.25, 0.3) is 0 Å². The monoisotopic (exact) mass is 450 g/mol. The predicted octanol–water partition coefficient (Wildman–Crippen LogP) is 2.99. The van der Waals surface area contributed by atoms with Crippen LogP contribution in [0, 0.1) is 5.92 Å². The van der Waals surface area contributed by atoms with Crippen molar-refractivity contribution in [2.45, 2.75) is 13.3 Å². The summed E-state index contributed by atoms with van der Waals surface area (Å²) >= 11 is 3.48. The molecule has 0 radical (unpaired) electrons. The molecule has 1 aromatic carbocycles. The SMILES string of the molecule is CC(Cc1ccc(Br)cc1)CN1CCN(c2nc(N)n[nH]2)CC1.Cl.Cl. The first-order valence-corrected chi connectivity index (χ1v) is 8.79. The zero-order valence-corrected chi connectivity index (χ0v) is 17.4. The van der Waals surface area contributed by atoms with Crippen molar-refractivity contribution in [3.63, 3.8) is 0 Å². The van der Waals surface area contributed by atoms with E-state index in [1.165, 1.54) is 5.56 Å². The average molecular weight is 452 g/mol. The van der Waals surface area contributed by atoms with E-state index in [0.29, 0.717) is 11.9 Å². The molecule has 1 aromatic heterocycles. The van der Waals surface area contributed by atoms with Gasteiger partial charge >= 0.3 is 0 Å². The molecule has 25 heavy (non-hydrogen) atoms. The van der Waals surface area contributed by atoms with E-state index in [9.17, 15) is 0 Å². The number of nitrogens with zero attached hydrogens (tertiary/aromatic N) is 4. The molecule has 1 aliphatic heterocycles. The number of hydrogen-bond donors (Lipinski definition) is 2. The van der Waals surface area contributed by atoms with Gasteiger partial charge in [0, 0.05) is 37.2 Å². The van der Waals surface area contributed by atoms with E-state index < -0.39 is 0 Å². The van der Waals surface area contributed by atoms with Gasteiger partial charge in [-0.3, -0.25) is 4.90 Å². The molecule has 3 rings (SSSR count). The Balaban J connectivity index is 0.00000156. The number of halogens is 3. The van der Waals surface area contributed by atoms with E-state index in [-0.39, 0.29) is 24.8 Å². The molecule has 9 heteroatoms. The minimum absolute atomic E-state index is 0. The van der Waals surface area contributed by atoms with Crippen LogP contribution in [0.1, 0.15) is 12.5 Å². The first kappa shape index (κ1) is 22.0. The highest BCUT2D eigenvalue weighted by molar-refractivity contribution is 9.10. The van der Waals surface area contributed by atoms with E-state index >= 15 is 0 Å². The maximum Gasteiger partial charge on any atom is 0.241 e. The lowest BCUT2D eigenvalue weighted by Gasteiger charge is -2.35. The van der Waals surface area contributed by atoms with Crippen LogP contribution >= 0.6 is 40.7 Å². The Morgan fingerprint density at radius 3 is 2.36 bits per heavy atom. The van der Waals surface area contributed by atoms with Crippen LogP contribution in [0.2, 0.25) is 0 Å². The molecule has 1 aliphatic rings. The summed E-state index contributed by atoms with van der Waals surface area (Å²) in [6, 6.07) is 8.63. The van der Waals surface area contributed by atoms with Gasteiger partial charge in [0.2, 0.25) is 11.9 Å². The van der Waals surface area contributed by atoms with Gasteiger partial charge in [0.05, 0.1) is 0 Å². The van der Waals surface area contributed by atoms with Crippen LogP contribution in [0.5, 0.6) is 0 Å². The number of aromatic amines is 1. The van der Waals surface area contributed by atoms with Gasteiger partial charge in [-0.25, -0.2) is 5.10 Å². The number of nitrogens with one attached hydrogen (secondary N) is 1. The van der Waals surface area contributed by atoms with Gasteiger partial charge in [-0.1, -0.05) is 35.0 Å². The van der Waals surface area contributed by atoms with Gasteiger partial charge in [0.15, 0.2) is 0 Å². The minimum atomic E-state index is 0. The molecule has 1 atom stereocenters. The molecule has 2 heterocycles.